The number of nitriles is 1. The zero-order valence-electron chi connectivity index (χ0n) is 36.3. The van der Waals surface area contributed by atoms with Crippen molar-refractivity contribution in [1.29, 1.82) is 5.26 Å². The fourth-order valence-electron chi connectivity index (χ4n) is 9.67. The van der Waals surface area contributed by atoms with Gasteiger partial charge in [0.15, 0.2) is 11.4 Å². The minimum Gasteiger partial charge on any atom is -0.309 e. The van der Waals surface area contributed by atoms with Gasteiger partial charge >= 0.3 is 0 Å². The van der Waals surface area contributed by atoms with Gasteiger partial charge in [-0.3, -0.25) is 0 Å². The number of aromatic nitrogens is 4. The van der Waals surface area contributed by atoms with E-state index >= 15 is 0 Å². The van der Waals surface area contributed by atoms with Crippen LogP contribution >= 0.6 is 0 Å². The van der Waals surface area contributed by atoms with E-state index in [1.165, 1.54) is 32.6 Å². The molecule has 7 nitrogen and oxygen atoms in total. The molecule has 0 amide bonds. The van der Waals surface area contributed by atoms with Gasteiger partial charge < -0.3 is 9.13 Å². The minimum absolute atomic E-state index is 0.348. The molecule has 12 rings (SSSR count). The predicted octanol–water partition coefficient (Wildman–Crippen LogP) is 16.0. The van der Waals surface area contributed by atoms with Crippen LogP contribution in [0.2, 0.25) is 0 Å². The van der Waals surface area contributed by atoms with E-state index in [1.54, 1.807) is 18.2 Å². The third-order valence-electron chi connectivity index (χ3n) is 12.9. The second-order valence-electron chi connectivity index (χ2n) is 16.6. The van der Waals surface area contributed by atoms with Crippen LogP contribution in [0.3, 0.4) is 0 Å². The number of hydrogen-bond donors (Lipinski definition) is 0. The number of fused-ring (bicyclic) bond motifs is 6. The van der Waals surface area contributed by atoms with Gasteiger partial charge in [-0.15, -0.1) is 0 Å². The van der Waals surface area contributed by atoms with Gasteiger partial charge in [-0.05, 0) is 82.9 Å². The molecule has 9 aromatic carbocycles. The van der Waals surface area contributed by atoms with Crippen LogP contribution in [0.1, 0.15) is 5.56 Å². The Morgan fingerprint density at radius 2 is 0.824 bits per heavy atom. The molecule has 0 aliphatic carbocycles. The van der Waals surface area contributed by atoms with Crippen molar-refractivity contribution in [2.24, 2.45) is 0 Å². The molecule has 0 spiro atoms. The van der Waals surface area contributed by atoms with Gasteiger partial charge in [0, 0.05) is 49.6 Å². The van der Waals surface area contributed by atoms with E-state index in [9.17, 15) is 5.26 Å². The zero-order valence-corrected chi connectivity index (χ0v) is 36.3. The van der Waals surface area contributed by atoms with Gasteiger partial charge in [-0.25, -0.2) is 19.7 Å². The van der Waals surface area contributed by atoms with Crippen molar-refractivity contribution in [2.45, 2.75) is 0 Å². The maximum Gasteiger partial charge on any atom is 0.198 e. The summed E-state index contributed by atoms with van der Waals surface area (Å²) in [5.74, 6) is 0.348. The Balaban J connectivity index is 0.863. The largest absolute Gasteiger partial charge is 0.309 e. The second kappa shape index (κ2) is 16.3. The average molecular weight is 866 g/mol. The fourth-order valence-corrected chi connectivity index (χ4v) is 9.67. The highest BCUT2D eigenvalue weighted by Gasteiger charge is 2.19. The zero-order chi connectivity index (χ0) is 45.7. The molecule has 12 aromatic rings. The molecule has 0 fully saturated rings. The van der Waals surface area contributed by atoms with Crippen LogP contribution < -0.4 is 0 Å². The molecule has 3 aromatic heterocycles. The molecule has 68 heavy (non-hydrogen) atoms. The highest BCUT2D eigenvalue weighted by molar-refractivity contribution is 6.12. The highest BCUT2D eigenvalue weighted by Crippen LogP contribution is 2.39. The van der Waals surface area contributed by atoms with Gasteiger partial charge in [-0.2, -0.15) is 5.26 Å². The summed E-state index contributed by atoms with van der Waals surface area (Å²) < 4.78 is 4.73. The van der Waals surface area contributed by atoms with Gasteiger partial charge in [-0.1, -0.05) is 152 Å². The molecular formula is C61H35N7. The molecule has 0 atom stereocenters. The lowest BCUT2D eigenvalue weighted by Crippen LogP contribution is -1.97. The molecule has 0 saturated heterocycles. The molecule has 314 valence electrons. The van der Waals surface area contributed by atoms with Crippen LogP contribution in [-0.2, 0) is 0 Å². The smallest absolute Gasteiger partial charge is 0.198 e. The highest BCUT2D eigenvalue weighted by atomic mass is 15.0. The molecule has 7 heteroatoms. The van der Waals surface area contributed by atoms with E-state index in [-0.39, 0.29) is 0 Å². The number of benzene rings is 9. The van der Waals surface area contributed by atoms with Gasteiger partial charge in [0.25, 0.3) is 0 Å². The fraction of sp³-hybridized carbons (Fsp3) is 0. The van der Waals surface area contributed by atoms with E-state index < -0.39 is 0 Å². The Morgan fingerprint density at radius 3 is 1.43 bits per heavy atom. The number of nitrogens with zero attached hydrogens (tertiary/aromatic N) is 7. The molecule has 0 N–H and O–H groups in total. The Bertz CT molecular complexity index is 3990. The predicted molar refractivity (Wildman–Crippen MR) is 275 cm³/mol. The third-order valence-corrected chi connectivity index (χ3v) is 12.9. The first-order chi connectivity index (χ1) is 33.6. The average Bonchev–Trinajstić information content (AvgIpc) is 3.93. The van der Waals surface area contributed by atoms with Crippen LogP contribution in [-0.4, -0.2) is 19.1 Å². The summed E-state index contributed by atoms with van der Waals surface area (Å²) in [5.41, 5.74) is 15.2. The second-order valence-corrected chi connectivity index (χ2v) is 16.6. The van der Waals surface area contributed by atoms with Crippen LogP contribution in [0.25, 0.3) is 121 Å². The van der Waals surface area contributed by atoms with Crippen molar-refractivity contribution in [3.8, 4) is 73.6 Å². The molecule has 0 radical (unpaired) electrons. The Kier molecular flexibility index (Phi) is 9.51. The first-order valence-electron chi connectivity index (χ1n) is 22.2. The number of hydrogen-bond acceptors (Lipinski definition) is 3. The van der Waals surface area contributed by atoms with E-state index in [1.807, 2.05) is 54.6 Å². The quantitative estimate of drug-likeness (QED) is 0.150. The summed E-state index contributed by atoms with van der Waals surface area (Å²) in [4.78, 5) is 17.2. The lowest BCUT2D eigenvalue weighted by atomic mass is 9.95. The summed E-state index contributed by atoms with van der Waals surface area (Å²) in [5, 5.41) is 15.4. The molecule has 0 aliphatic rings. The van der Waals surface area contributed by atoms with Crippen molar-refractivity contribution >= 4 is 55.0 Å². The molecule has 0 bridgehead atoms. The van der Waals surface area contributed by atoms with Gasteiger partial charge in [0.2, 0.25) is 0 Å². The molecule has 0 saturated carbocycles. The van der Waals surface area contributed by atoms with Crippen molar-refractivity contribution in [1.82, 2.24) is 19.1 Å². The van der Waals surface area contributed by atoms with Gasteiger partial charge in [0.05, 0.1) is 58.2 Å². The third kappa shape index (κ3) is 6.57. The van der Waals surface area contributed by atoms with Crippen molar-refractivity contribution in [2.75, 3.05) is 0 Å². The summed E-state index contributed by atoms with van der Waals surface area (Å²) >= 11 is 0. The van der Waals surface area contributed by atoms with Crippen molar-refractivity contribution in [3.63, 3.8) is 0 Å². The van der Waals surface area contributed by atoms with E-state index in [4.69, 9.17) is 23.1 Å². The number of para-hydroxylation sites is 5. The Labute approximate surface area is 392 Å². The van der Waals surface area contributed by atoms with Crippen molar-refractivity contribution < 1.29 is 0 Å². The SMILES string of the molecule is [C-]#[N+]c1ccccc1-c1cc(-c2ccc(-c3ccc(-c4ccc(-n5c6ccccc6c6cc(-n7c8ccccc8c8ccccc87)ccc65)cc4)cc3)cc2C#N)nc(-c2ccccc2[N+]#[C-])n1. The van der Waals surface area contributed by atoms with E-state index in [0.29, 0.717) is 50.8 Å². The summed E-state index contributed by atoms with van der Waals surface area (Å²) in [6.45, 7) is 15.6. The molecule has 0 aliphatic heterocycles. The Morgan fingerprint density at radius 1 is 0.382 bits per heavy atom. The molecule has 0 unspecified atom stereocenters. The van der Waals surface area contributed by atoms with Crippen LogP contribution in [0.5, 0.6) is 0 Å². The standard InChI is InChI=1S/C61H35N7/c1-63-53-18-8-3-16-50(53)56-37-55(65-61(66-56)51-17-4-9-19-54(51)64-2)46-33-29-42(35-43(46)38-62)41-25-23-39(24-26-41)40-27-30-44(31-28-40)67-59-22-12-7-15-49(59)52-36-45(32-34-60(52)67)68-57-20-10-5-13-47(57)48-14-6-11-21-58(48)68/h3-37H. The molecular weight excluding hydrogens is 831 g/mol. The first-order valence-corrected chi connectivity index (χ1v) is 22.2. The summed E-state index contributed by atoms with van der Waals surface area (Å²) in [6.07, 6.45) is 0. The minimum atomic E-state index is 0.348. The summed E-state index contributed by atoms with van der Waals surface area (Å²) in [6, 6.07) is 74.4. The normalized spacial score (nSPS) is 11.2. The first kappa shape index (κ1) is 39.7. The topological polar surface area (TPSA) is 68.2 Å². The maximum absolute atomic E-state index is 10.5. The lowest BCUT2D eigenvalue weighted by Gasteiger charge is -2.13. The lowest BCUT2D eigenvalue weighted by molar-refractivity contribution is 1.17. The van der Waals surface area contributed by atoms with Crippen LogP contribution in [0, 0.1) is 24.5 Å². The molecule has 3 heterocycles. The van der Waals surface area contributed by atoms with Crippen LogP contribution in [0.4, 0.5) is 11.4 Å². The van der Waals surface area contributed by atoms with Crippen molar-refractivity contribution in [3.05, 3.63) is 241 Å². The van der Waals surface area contributed by atoms with Crippen LogP contribution in [0.15, 0.2) is 212 Å². The Hall–Kier alpha value is -9.87. The van der Waals surface area contributed by atoms with E-state index in [2.05, 4.69) is 164 Å². The van der Waals surface area contributed by atoms with Gasteiger partial charge in [0.1, 0.15) is 5.82 Å². The van der Waals surface area contributed by atoms with E-state index in [0.717, 1.165) is 44.7 Å². The maximum atomic E-state index is 10.5. The monoisotopic (exact) mass is 865 g/mol. The summed E-state index contributed by atoms with van der Waals surface area (Å²) in [7, 11) is 0. The number of rotatable bonds is 7.